The molecule has 1 N–H and O–H groups in total. The first-order chi connectivity index (χ1) is 7.34. The van der Waals surface area contributed by atoms with Gasteiger partial charge < -0.3 is 10.2 Å². The van der Waals surface area contributed by atoms with E-state index in [0.717, 1.165) is 25.4 Å². The normalized spacial score (nSPS) is 35.3. The van der Waals surface area contributed by atoms with Crippen molar-refractivity contribution < 1.29 is 4.79 Å². The number of nitrogens with one attached hydrogen (secondary N) is 1. The number of nitrogens with zero attached hydrogens (tertiary/aromatic N) is 1. The van der Waals surface area contributed by atoms with Crippen LogP contribution in [0.15, 0.2) is 0 Å². The average molecular weight is 208 g/mol. The van der Waals surface area contributed by atoms with Gasteiger partial charge in [0.15, 0.2) is 0 Å². The number of rotatable bonds is 2. The average Bonchev–Trinajstić information content (AvgIpc) is 2.96. The fraction of sp³-hybridized carbons (Fsp3) is 0.917. The number of likely N-dealkylation sites (tertiary alicyclic amines) is 1. The second-order valence-electron chi connectivity index (χ2n) is 5.29. The summed E-state index contributed by atoms with van der Waals surface area (Å²) in [4.78, 5) is 14.2. The lowest BCUT2D eigenvalue weighted by molar-refractivity contribution is -0.132. The molecule has 0 aromatic heterocycles. The fourth-order valence-corrected chi connectivity index (χ4v) is 3.04. The Morgan fingerprint density at radius 1 is 1.27 bits per heavy atom. The molecule has 1 amide bonds. The van der Waals surface area contributed by atoms with Crippen LogP contribution < -0.4 is 5.32 Å². The van der Waals surface area contributed by atoms with Gasteiger partial charge in [-0.25, -0.2) is 0 Å². The topological polar surface area (TPSA) is 32.3 Å². The first-order valence-corrected chi connectivity index (χ1v) is 6.37. The quantitative estimate of drug-likeness (QED) is 0.738. The predicted molar refractivity (Wildman–Crippen MR) is 58.5 cm³/mol. The molecule has 2 aliphatic heterocycles. The molecule has 3 fully saturated rings. The van der Waals surface area contributed by atoms with E-state index in [1.807, 2.05) is 0 Å². The third-order valence-corrected chi connectivity index (χ3v) is 4.11. The molecule has 3 aliphatic rings. The van der Waals surface area contributed by atoms with E-state index in [2.05, 4.69) is 10.2 Å². The standard InChI is InChI=1S/C12H20N2O/c15-12(8-9-3-4-9)14-7-5-10-11(14)2-1-6-13-10/h9-11,13H,1-8H2. The Balaban J connectivity index is 1.62. The Morgan fingerprint density at radius 3 is 2.93 bits per heavy atom. The van der Waals surface area contributed by atoms with Crippen LogP contribution in [0.2, 0.25) is 0 Å². The minimum Gasteiger partial charge on any atom is -0.338 e. The molecular formula is C12H20N2O. The van der Waals surface area contributed by atoms with Gasteiger partial charge >= 0.3 is 0 Å². The van der Waals surface area contributed by atoms with Gasteiger partial charge in [0, 0.05) is 25.0 Å². The van der Waals surface area contributed by atoms with Crippen molar-refractivity contribution in [3.05, 3.63) is 0 Å². The van der Waals surface area contributed by atoms with Crippen molar-refractivity contribution in [2.45, 2.75) is 50.6 Å². The molecule has 3 nitrogen and oxygen atoms in total. The Bertz CT molecular complexity index is 262. The maximum atomic E-state index is 12.0. The highest BCUT2D eigenvalue weighted by Crippen LogP contribution is 2.34. The summed E-state index contributed by atoms with van der Waals surface area (Å²) in [5.74, 6) is 1.15. The Hall–Kier alpha value is -0.570. The molecule has 0 bridgehead atoms. The van der Waals surface area contributed by atoms with E-state index in [-0.39, 0.29) is 0 Å². The second-order valence-corrected chi connectivity index (χ2v) is 5.29. The van der Waals surface area contributed by atoms with Crippen LogP contribution in [0.5, 0.6) is 0 Å². The van der Waals surface area contributed by atoms with E-state index in [9.17, 15) is 4.79 Å². The number of amides is 1. The molecule has 15 heavy (non-hydrogen) atoms. The predicted octanol–water partition coefficient (Wildman–Crippen LogP) is 1.14. The van der Waals surface area contributed by atoms with E-state index in [4.69, 9.17) is 0 Å². The number of piperidine rings is 1. The molecule has 2 unspecified atom stereocenters. The molecule has 1 aliphatic carbocycles. The van der Waals surface area contributed by atoms with Gasteiger partial charge in [-0.3, -0.25) is 4.79 Å². The van der Waals surface area contributed by atoms with Crippen molar-refractivity contribution in [1.29, 1.82) is 0 Å². The summed E-state index contributed by atoms with van der Waals surface area (Å²) < 4.78 is 0. The van der Waals surface area contributed by atoms with Gasteiger partial charge in [0.25, 0.3) is 0 Å². The third kappa shape index (κ3) is 1.89. The smallest absolute Gasteiger partial charge is 0.223 e. The van der Waals surface area contributed by atoms with Gasteiger partial charge in [-0.05, 0) is 44.6 Å². The molecule has 3 heteroatoms. The summed E-state index contributed by atoms with van der Waals surface area (Å²) in [6.45, 7) is 2.14. The van der Waals surface area contributed by atoms with Gasteiger partial charge in [0.2, 0.25) is 5.91 Å². The van der Waals surface area contributed by atoms with Crippen LogP contribution in [0.3, 0.4) is 0 Å². The van der Waals surface area contributed by atoms with E-state index in [1.54, 1.807) is 0 Å². The summed E-state index contributed by atoms with van der Waals surface area (Å²) >= 11 is 0. The van der Waals surface area contributed by atoms with Crippen molar-refractivity contribution in [2.24, 2.45) is 5.92 Å². The molecule has 2 heterocycles. The number of hydrogen-bond acceptors (Lipinski definition) is 2. The van der Waals surface area contributed by atoms with Gasteiger partial charge in [-0.15, -0.1) is 0 Å². The highest BCUT2D eigenvalue weighted by atomic mass is 16.2. The first kappa shape index (κ1) is 9.64. The molecule has 0 radical (unpaired) electrons. The molecule has 0 aromatic rings. The summed E-state index contributed by atoms with van der Waals surface area (Å²) in [5.41, 5.74) is 0. The zero-order valence-corrected chi connectivity index (χ0v) is 9.24. The van der Waals surface area contributed by atoms with E-state index in [1.165, 1.54) is 32.1 Å². The number of hydrogen-bond donors (Lipinski definition) is 1. The van der Waals surface area contributed by atoms with Crippen LogP contribution in [0.1, 0.15) is 38.5 Å². The third-order valence-electron chi connectivity index (χ3n) is 4.11. The molecule has 1 saturated carbocycles. The molecule has 0 spiro atoms. The van der Waals surface area contributed by atoms with Crippen molar-refractivity contribution in [2.75, 3.05) is 13.1 Å². The van der Waals surface area contributed by atoms with Gasteiger partial charge in [-0.1, -0.05) is 0 Å². The summed E-state index contributed by atoms with van der Waals surface area (Å²) in [7, 11) is 0. The maximum Gasteiger partial charge on any atom is 0.223 e. The molecule has 0 aromatic carbocycles. The summed E-state index contributed by atoms with van der Waals surface area (Å²) in [6, 6.07) is 1.12. The highest BCUT2D eigenvalue weighted by molar-refractivity contribution is 5.77. The molecular weight excluding hydrogens is 188 g/mol. The van der Waals surface area contributed by atoms with Gasteiger partial charge in [0.1, 0.15) is 0 Å². The highest BCUT2D eigenvalue weighted by Gasteiger charge is 2.39. The minimum atomic E-state index is 0.425. The zero-order chi connectivity index (χ0) is 10.3. The minimum absolute atomic E-state index is 0.425. The van der Waals surface area contributed by atoms with Crippen LogP contribution in [0.4, 0.5) is 0 Å². The Labute approximate surface area is 91.2 Å². The number of carbonyl (C=O) groups is 1. The van der Waals surface area contributed by atoms with Gasteiger partial charge in [-0.2, -0.15) is 0 Å². The lowest BCUT2D eigenvalue weighted by Crippen LogP contribution is -2.48. The monoisotopic (exact) mass is 208 g/mol. The maximum absolute atomic E-state index is 12.0. The molecule has 2 atom stereocenters. The van der Waals surface area contributed by atoms with Crippen LogP contribution in [0.25, 0.3) is 0 Å². The van der Waals surface area contributed by atoms with Crippen LogP contribution >= 0.6 is 0 Å². The second kappa shape index (κ2) is 3.78. The van der Waals surface area contributed by atoms with E-state index >= 15 is 0 Å². The summed E-state index contributed by atoms with van der Waals surface area (Å²) in [6.07, 6.45) is 7.00. The zero-order valence-electron chi connectivity index (χ0n) is 9.24. The fourth-order valence-electron chi connectivity index (χ4n) is 3.04. The molecule has 3 rings (SSSR count). The van der Waals surface area contributed by atoms with Crippen LogP contribution in [0, 0.1) is 5.92 Å². The summed E-state index contributed by atoms with van der Waals surface area (Å²) in [5, 5.41) is 3.54. The van der Waals surface area contributed by atoms with Crippen molar-refractivity contribution >= 4 is 5.91 Å². The Morgan fingerprint density at radius 2 is 2.13 bits per heavy atom. The molecule has 84 valence electrons. The lowest BCUT2D eigenvalue weighted by atomic mass is 9.99. The first-order valence-electron chi connectivity index (χ1n) is 6.37. The SMILES string of the molecule is O=C(CC1CC1)N1CCC2NCCCC21. The van der Waals surface area contributed by atoms with Crippen molar-refractivity contribution in [3.8, 4) is 0 Å². The molecule has 2 saturated heterocycles. The van der Waals surface area contributed by atoms with E-state index in [0.29, 0.717) is 18.0 Å². The Kier molecular flexibility index (Phi) is 2.43. The van der Waals surface area contributed by atoms with Crippen molar-refractivity contribution in [1.82, 2.24) is 10.2 Å². The van der Waals surface area contributed by atoms with Crippen LogP contribution in [-0.2, 0) is 4.79 Å². The van der Waals surface area contributed by atoms with Crippen molar-refractivity contribution in [3.63, 3.8) is 0 Å². The van der Waals surface area contributed by atoms with E-state index < -0.39 is 0 Å². The largest absolute Gasteiger partial charge is 0.338 e. The lowest BCUT2D eigenvalue weighted by Gasteiger charge is -2.32. The van der Waals surface area contributed by atoms with Crippen LogP contribution in [-0.4, -0.2) is 36.0 Å². The number of carbonyl (C=O) groups excluding carboxylic acids is 1. The number of fused-ring (bicyclic) bond motifs is 1. The van der Waals surface area contributed by atoms with Gasteiger partial charge in [0.05, 0.1) is 0 Å².